The van der Waals surface area contributed by atoms with Crippen molar-refractivity contribution >= 4 is 16.9 Å². The van der Waals surface area contributed by atoms with Crippen LogP contribution in [-0.2, 0) is 18.3 Å². The van der Waals surface area contributed by atoms with Gasteiger partial charge < -0.3 is 9.64 Å². The number of morpholine rings is 1. The quantitative estimate of drug-likeness (QED) is 0.496. The molecular weight excluding hydrogens is 490 g/mol. The molecule has 2 fully saturated rings. The predicted molar refractivity (Wildman–Crippen MR) is 153 cm³/mol. The van der Waals surface area contributed by atoms with Crippen LogP contribution in [0.25, 0.3) is 11.0 Å². The molecule has 3 aromatic rings. The third-order valence-electron chi connectivity index (χ3n) is 8.23. The van der Waals surface area contributed by atoms with Crippen molar-refractivity contribution in [2.45, 2.75) is 64.9 Å². The molecule has 39 heavy (non-hydrogen) atoms. The lowest BCUT2D eigenvalue weighted by Crippen LogP contribution is -2.57. The standard InChI is InChI=1S/C30H39N7O2/c1-20-17-37(28-27-26(34(6)29(38)33-28)12-11-25(15-31)32-27)21(2)16-36(20)22(3)24-9-7-23(8-10-24)18-35-13-14-39-30(4,5)19-35/h7-12,20-22H,13-14,16-19H2,1-6H3/t20-,21+,22?/m1/s1. The Balaban J connectivity index is 1.32. The molecule has 0 aliphatic carbocycles. The molecule has 4 heterocycles. The molecular formula is C30H39N7O2. The van der Waals surface area contributed by atoms with Crippen LogP contribution in [0.2, 0.25) is 0 Å². The van der Waals surface area contributed by atoms with Crippen molar-refractivity contribution < 1.29 is 4.74 Å². The molecule has 1 aromatic carbocycles. The first-order chi connectivity index (χ1) is 18.6. The zero-order valence-corrected chi connectivity index (χ0v) is 23.9. The van der Waals surface area contributed by atoms with E-state index in [1.54, 1.807) is 19.2 Å². The number of anilines is 1. The fourth-order valence-corrected chi connectivity index (χ4v) is 6.06. The Labute approximate surface area is 230 Å². The highest BCUT2D eigenvalue weighted by Crippen LogP contribution is 2.31. The number of rotatable bonds is 5. The molecule has 3 atom stereocenters. The van der Waals surface area contributed by atoms with Gasteiger partial charge in [0, 0.05) is 57.9 Å². The van der Waals surface area contributed by atoms with Crippen LogP contribution in [0.3, 0.4) is 0 Å². The van der Waals surface area contributed by atoms with Crippen LogP contribution in [0.4, 0.5) is 5.82 Å². The number of hydrogen-bond donors (Lipinski definition) is 0. The topological polar surface area (TPSA) is 90.5 Å². The Morgan fingerprint density at radius 2 is 1.85 bits per heavy atom. The van der Waals surface area contributed by atoms with Gasteiger partial charge in [0.25, 0.3) is 0 Å². The smallest absolute Gasteiger partial charge is 0.349 e. The highest BCUT2D eigenvalue weighted by atomic mass is 16.5. The number of benzene rings is 1. The third-order valence-corrected chi connectivity index (χ3v) is 8.23. The van der Waals surface area contributed by atoms with Crippen molar-refractivity contribution in [2.75, 3.05) is 37.7 Å². The summed E-state index contributed by atoms with van der Waals surface area (Å²) < 4.78 is 7.35. The molecule has 0 amide bonds. The maximum Gasteiger partial charge on any atom is 0.349 e. The minimum atomic E-state index is -0.319. The summed E-state index contributed by atoms with van der Waals surface area (Å²) in [6.45, 7) is 16.1. The molecule has 0 spiro atoms. The molecule has 0 saturated carbocycles. The number of hydrogen-bond acceptors (Lipinski definition) is 8. The molecule has 5 rings (SSSR count). The first-order valence-corrected chi connectivity index (χ1v) is 13.8. The molecule has 0 bridgehead atoms. The minimum Gasteiger partial charge on any atom is -0.373 e. The average Bonchev–Trinajstić information content (AvgIpc) is 2.91. The van der Waals surface area contributed by atoms with Crippen LogP contribution in [0.1, 0.15) is 57.5 Å². The molecule has 1 unspecified atom stereocenters. The Bertz CT molecular complexity index is 1440. The van der Waals surface area contributed by atoms with E-state index in [0.717, 1.165) is 32.8 Å². The van der Waals surface area contributed by atoms with Crippen molar-refractivity contribution in [1.29, 1.82) is 5.26 Å². The van der Waals surface area contributed by atoms with E-state index in [4.69, 9.17) is 4.74 Å². The Morgan fingerprint density at radius 1 is 1.10 bits per heavy atom. The molecule has 2 saturated heterocycles. The van der Waals surface area contributed by atoms with Gasteiger partial charge in [0.2, 0.25) is 0 Å². The lowest BCUT2D eigenvalue weighted by atomic mass is 9.99. The summed E-state index contributed by atoms with van der Waals surface area (Å²) in [7, 11) is 1.69. The van der Waals surface area contributed by atoms with Gasteiger partial charge in [0.05, 0.1) is 17.7 Å². The number of fused-ring (bicyclic) bond motifs is 1. The zero-order chi connectivity index (χ0) is 27.9. The molecule has 9 heteroatoms. The maximum absolute atomic E-state index is 12.7. The van der Waals surface area contributed by atoms with E-state index in [0.29, 0.717) is 29.1 Å². The van der Waals surface area contributed by atoms with Gasteiger partial charge in [-0.25, -0.2) is 9.78 Å². The molecule has 9 nitrogen and oxygen atoms in total. The maximum atomic E-state index is 12.7. The van der Waals surface area contributed by atoms with E-state index in [2.05, 4.69) is 89.6 Å². The van der Waals surface area contributed by atoms with Crippen LogP contribution < -0.4 is 10.6 Å². The van der Waals surface area contributed by atoms with Crippen LogP contribution in [0.5, 0.6) is 0 Å². The summed E-state index contributed by atoms with van der Waals surface area (Å²) in [6.07, 6.45) is 0. The second-order valence-electron chi connectivity index (χ2n) is 11.7. The second kappa shape index (κ2) is 10.7. The summed E-state index contributed by atoms with van der Waals surface area (Å²) in [6, 6.07) is 15.2. The fourth-order valence-electron chi connectivity index (χ4n) is 6.06. The van der Waals surface area contributed by atoms with E-state index < -0.39 is 0 Å². The van der Waals surface area contributed by atoms with Gasteiger partial charge in [0.15, 0.2) is 5.82 Å². The van der Waals surface area contributed by atoms with E-state index in [1.165, 1.54) is 15.7 Å². The number of nitrogens with zero attached hydrogens (tertiary/aromatic N) is 7. The molecule has 0 N–H and O–H groups in total. The molecule has 206 valence electrons. The van der Waals surface area contributed by atoms with Crippen LogP contribution in [0, 0.1) is 11.3 Å². The first-order valence-electron chi connectivity index (χ1n) is 13.8. The van der Waals surface area contributed by atoms with E-state index in [-0.39, 0.29) is 29.4 Å². The summed E-state index contributed by atoms with van der Waals surface area (Å²) in [5.41, 5.74) is 3.80. The molecule has 2 aliphatic heterocycles. The van der Waals surface area contributed by atoms with Gasteiger partial charge in [-0.1, -0.05) is 24.3 Å². The number of aryl methyl sites for hydroxylation is 1. The van der Waals surface area contributed by atoms with Gasteiger partial charge >= 0.3 is 5.69 Å². The Hall–Kier alpha value is -3.32. The van der Waals surface area contributed by atoms with Crippen molar-refractivity contribution in [1.82, 2.24) is 24.3 Å². The summed E-state index contributed by atoms with van der Waals surface area (Å²) in [5, 5.41) is 9.41. The number of piperazine rings is 1. The number of pyridine rings is 1. The number of nitriles is 1. The van der Waals surface area contributed by atoms with Crippen molar-refractivity contribution in [2.24, 2.45) is 7.05 Å². The van der Waals surface area contributed by atoms with E-state index in [9.17, 15) is 10.1 Å². The fraction of sp³-hybridized carbons (Fsp3) is 0.533. The molecule has 2 aromatic heterocycles. The lowest BCUT2D eigenvalue weighted by Gasteiger charge is -2.47. The van der Waals surface area contributed by atoms with Crippen molar-refractivity contribution in [3.05, 3.63) is 63.7 Å². The van der Waals surface area contributed by atoms with Crippen molar-refractivity contribution in [3.8, 4) is 6.07 Å². The average molecular weight is 530 g/mol. The van der Waals surface area contributed by atoms with Gasteiger partial charge in [-0.05, 0) is 57.9 Å². The monoisotopic (exact) mass is 529 g/mol. The largest absolute Gasteiger partial charge is 0.373 e. The number of ether oxygens (including phenoxy) is 1. The van der Waals surface area contributed by atoms with E-state index >= 15 is 0 Å². The lowest BCUT2D eigenvalue weighted by molar-refractivity contribution is -0.0882. The van der Waals surface area contributed by atoms with Gasteiger partial charge in [-0.2, -0.15) is 10.2 Å². The number of aromatic nitrogens is 3. The summed E-state index contributed by atoms with van der Waals surface area (Å²) >= 11 is 0. The van der Waals surface area contributed by atoms with Gasteiger partial charge in [-0.15, -0.1) is 0 Å². The van der Waals surface area contributed by atoms with E-state index in [1.807, 2.05) is 0 Å². The Morgan fingerprint density at radius 3 is 2.54 bits per heavy atom. The predicted octanol–water partition coefficient (Wildman–Crippen LogP) is 3.47. The van der Waals surface area contributed by atoms with Crippen LogP contribution >= 0.6 is 0 Å². The third kappa shape index (κ3) is 5.55. The highest BCUT2D eigenvalue weighted by molar-refractivity contribution is 5.86. The van der Waals surface area contributed by atoms with Gasteiger partial charge in [0.1, 0.15) is 17.3 Å². The molecule has 0 radical (unpaired) electrons. The van der Waals surface area contributed by atoms with Crippen molar-refractivity contribution in [3.63, 3.8) is 0 Å². The second-order valence-corrected chi connectivity index (χ2v) is 11.7. The normalized spacial score (nSPS) is 23.1. The summed E-state index contributed by atoms with van der Waals surface area (Å²) in [4.78, 5) is 28.8. The Kier molecular flexibility index (Phi) is 7.47. The summed E-state index contributed by atoms with van der Waals surface area (Å²) in [5.74, 6) is 0.562. The SMILES string of the molecule is CC(c1ccc(CN2CCOC(C)(C)C2)cc1)N1C[C@H](C)N(c2nc(=O)n(C)c3ccc(C#N)nc23)C[C@H]1C. The highest BCUT2D eigenvalue weighted by Gasteiger charge is 2.34. The van der Waals surface area contributed by atoms with Gasteiger partial charge in [-0.3, -0.25) is 14.4 Å². The first kappa shape index (κ1) is 27.3. The van der Waals surface area contributed by atoms with Crippen LogP contribution in [-0.4, -0.2) is 74.8 Å². The minimum absolute atomic E-state index is 0.0930. The zero-order valence-electron chi connectivity index (χ0n) is 23.9. The molecule has 2 aliphatic rings. The van der Waals surface area contributed by atoms with Crippen LogP contribution in [0.15, 0.2) is 41.2 Å².